The van der Waals surface area contributed by atoms with Crippen molar-refractivity contribution in [2.75, 3.05) is 26.2 Å². The number of likely N-dealkylation sites (tertiary alicyclic amines) is 1. The predicted octanol–water partition coefficient (Wildman–Crippen LogP) is 3.71. The van der Waals surface area contributed by atoms with Crippen LogP contribution in [0.25, 0.3) is 0 Å². The van der Waals surface area contributed by atoms with Gasteiger partial charge >= 0.3 is 0 Å². The second kappa shape index (κ2) is 9.56. The summed E-state index contributed by atoms with van der Waals surface area (Å²) in [5.41, 5.74) is 3.84. The lowest BCUT2D eigenvalue weighted by Gasteiger charge is -2.31. The number of para-hydroxylation sites is 1. The molecule has 1 heterocycles. The molecule has 27 heavy (non-hydrogen) atoms. The van der Waals surface area contributed by atoms with Crippen LogP contribution >= 0.6 is 0 Å². The first-order valence-corrected chi connectivity index (χ1v) is 9.86. The summed E-state index contributed by atoms with van der Waals surface area (Å²) in [5, 5.41) is 3.03. The molecule has 0 spiro atoms. The highest BCUT2D eigenvalue weighted by molar-refractivity contribution is 5.78. The zero-order valence-electron chi connectivity index (χ0n) is 16.4. The fourth-order valence-electron chi connectivity index (χ4n) is 3.58. The van der Waals surface area contributed by atoms with Gasteiger partial charge in [0.2, 0.25) is 5.91 Å². The van der Waals surface area contributed by atoms with Gasteiger partial charge in [-0.15, -0.1) is 0 Å². The van der Waals surface area contributed by atoms with Crippen LogP contribution in [0.5, 0.6) is 5.75 Å². The number of benzene rings is 2. The zero-order chi connectivity index (χ0) is 19.1. The number of carbonyl (C=O) groups is 1. The molecule has 0 aliphatic carbocycles. The Hall–Kier alpha value is -2.33. The molecule has 2 aromatic carbocycles. The third kappa shape index (κ3) is 5.57. The Morgan fingerprint density at radius 1 is 1.04 bits per heavy atom. The fourth-order valence-corrected chi connectivity index (χ4v) is 3.58. The smallest absolute Gasteiger partial charge is 0.223 e. The standard InChI is InChI=1S/C23H30N2O2/c1-18-7-3-5-9-21(18)17-25-14-11-20(12-15-25)23(26)24-13-16-27-22-10-6-4-8-19(22)2/h3-10,20H,11-17H2,1-2H3,(H,24,26). The van der Waals surface area contributed by atoms with Gasteiger partial charge in [-0.2, -0.15) is 0 Å². The van der Waals surface area contributed by atoms with E-state index >= 15 is 0 Å². The van der Waals surface area contributed by atoms with Gasteiger partial charge in [0.15, 0.2) is 0 Å². The van der Waals surface area contributed by atoms with Gasteiger partial charge < -0.3 is 10.1 Å². The highest BCUT2D eigenvalue weighted by Crippen LogP contribution is 2.20. The molecule has 0 atom stereocenters. The maximum atomic E-state index is 12.4. The summed E-state index contributed by atoms with van der Waals surface area (Å²) >= 11 is 0. The molecule has 4 heteroatoms. The van der Waals surface area contributed by atoms with Crippen molar-refractivity contribution in [1.29, 1.82) is 0 Å². The minimum Gasteiger partial charge on any atom is -0.491 e. The van der Waals surface area contributed by atoms with Crippen LogP contribution in [0.3, 0.4) is 0 Å². The topological polar surface area (TPSA) is 41.6 Å². The number of carbonyl (C=O) groups excluding carboxylic acids is 1. The molecule has 0 bridgehead atoms. The Balaban J connectivity index is 1.36. The van der Waals surface area contributed by atoms with E-state index in [0.717, 1.165) is 43.8 Å². The second-order valence-corrected chi connectivity index (χ2v) is 7.38. The summed E-state index contributed by atoms with van der Waals surface area (Å²) in [7, 11) is 0. The van der Waals surface area contributed by atoms with Crippen LogP contribution in [-0.2, 0) is 11.3 Å². The minimum absolute atomic E-state index is 0.122. The van der Waals surface area contributed by atoms with Gasteiger partial charge in [0.25, 0.3) is 0 Å². The molecule has 0 unspecified atom stereocenters. The lowest BCUT2D eigenvalue weighted by Crippen LogP contribution is -2.41. The Bertz CT molecular complexity index is 752. The molecule has 1 amide bonds. The van der Waals surface area contributed by atoms with Gasteiger partial charge in [-0.1, -0.05) is 42.5 Å². The average Bonchev–Trinajstić information content (AvgIpc) is 2.69. The van der Waals surface area contributed by atoms with Crippen molar-refractivity contribution < 1.29 is 9.53 Å². The highest BCUT2D eigenvalue weighted by atomic mass is 16.5. The largest absolute Gasteiger partial charge is 0.491 e. The predicted molar refractivity (Wildman–Crippen MR) is 109 cm³/mol. The van der Waals surface area contributed by atoms with Gasteiger partial charge in [-0.05, 0) is 62.5 Å². The molecule has 144 valence electrons. The number of hydrogen-bond donors (Lipinski definition) is 1. The molecule has 1 saturated heterocycles. The SMILES string of the molecule is Cc1ccccc1CN1CCC(C(=O)NCCOc2ccccc2C)CC1. The zero-order valence-corrected chi connectivity index (χ0v) is 16.4. The van der Waals surface area contributed by atoms with E-state index in [-0.39, 0.29) is 11.8 Å². The van der Waals surface area contributed by atoms with Crippen molar-refractivity contribution in [3.63, 3.8) is 0 Å². The Labute approximate surface area is 162 Å². The summed E-state index contributed by atoms with van der Waals surface area (Å²) in [6, 6.07) is 16.5. The van der Waals surface area contributed by atoms with Gasteiger partial charge in [0.1, 0.15) is 12.4 Å². The van der Waals surface area contributed by atoms with E-state index in [2.05, 4.69) is 41.4 Å². The van der Waals surface area contributed by atoms with Crippen LogP contribution in [0.1, 0.15) is 29.5 Å². The monoisotopic (exact) mass is 366 g/mol. The van der Waals surface area contributed by atoms with Crippen LogP contribution in [0.15, 0.2) is 48.5 Å². The summed E-state index contributed by atoms with van der Waals surface area (Å²) in [4.78, 5) is 14.9. The van der Waals surface area contributed by atoms with Crippen LogP contribution in [-0.4, -0.2) is 37.0 Å². The Kier molecular flexibility index (Phi) is 6.88. The lowest BCUT2D eigenvalue weighted by atomic mass is 9.95. The van der Waals surface area contributed by atoms with Crippen LogP contribution < -0.4 is 10.1 Å². The van der Waals surface area contributed by atoms with E-state index in [1.165, 1.54) is 11.1 Å². The van der Waals surface area contributed by atoms with Gasteiger partial charge in [0.05, 0.1) is 6.54 Å². The van der Waals surface area contributed by atoms with E-state index in [1.54, 1.807) is 0 Å². The van der Waals surface area contributed by atoms with Crippen LogP contribution in [0.4, 0.5) is 0 Å². The Morgan fingerprint density at radius 2 is 1.70 bits per heavy atom. The number of aryl methyl sites for hydroxylation is 2. The number of rotatable bonds is 7. The summed E-state index contributed by atoms with van der Waals surface area (Å²) in [6.07, 6.45) is 1.85. The number of piperidine rings is 1. The van der Waals surface area contributed by atoms with Crippen molar-refractivity contribution in [3.05, 3.63) is 65.2 Å². The van der Waals surface area contributed by atoms with E-state index in [1.807, 2.05) is 31.2 Å². The molecule has 1 N–H and O–H groups in total. The van der Waals surface area contributed by atoms with Gasteiger partial charge in [-0.25, -0.2) is 0 Å². The van der Waals surface area contributed by atoms with E-state index < -0.39 is 0 Å². The molecule has 1 aliphatic rings. The van der Waals surface area contributed by atoms with Crippen molar-refractivity contribution in [2.45, 2.75) is 33.2 Å². The quantitative estimate of drug-likeness (QED) is 0.760. The third-order valence-electron chi connectivity index (χ3n) is 5.37. The number of nitrogens with one attached hydrogen (secondary N) is 1. The maximum Gasteiger partial charge on any atom is 0.223 e. The van der Waals surface area contributed by atoms with Crippen molar-refractivity contribution >= 4 is 5.91 Å². The second-order valence-electron chi connectivity index (χ2n) is 7.38. The molecule has 4 nitrogen and oxygen atoms in total. The summed E-state index contributed by atoms with van der Waals surface area (Å²) in [6.45, 7) is 8.18. The molecule has 2 aromatic rings. The number of ether oxygens (including phenoxy) is 1. The summed E-state index contributed by atoms with van der Waals surface area (Å²) < 4.78 is 5.75. The number of hydrogen-bond acceptors (Lipinski definition) is 3. The minimum atomic E-state index is 0.122. The summed E-state index contributed by atoms with van der Waals surface area (Å²) in [5.74, 6) is 1.17. The van der Waals surface area contributed by atoms with Crippen LogP contribution in [0.2, 0.25) is 0 Å². The average molecular weight is 367 g/mol. The first kappa shape index (κ1) is 19.4. The number of nitrogens with zero attached hydrogens (tertiary/aromatic N) is 1. The lowest BCUT2D eigenvalue weighted by molar-refractivity contribution is -0.126. The molecular formula is C23H30N2O2. The molecule has 0 radical (unpaired) electrons. The molecule has 1 aliphatic heterocycles. The first-order chi connectivity index (χ1) is 13.1. The highest BCUT2D eigenvalue weighted by Gasteiger charge is 2.24. The van der Waals surface area contributed by atoms with E-state index in [4.69, 9.17) is 4.74 Å². The Morgan fingerprint density at radius 3 is 2.41 bits per heavy atom. The van der Waals surface area contributed by atoms with E-state index in [9.17, 15) is 4.79 Å². The van der Waals surface area contributed by atoms with Crippen LogP contribution in [0, 0.1) is 19.8 Å². The molecule has 0 aromatic heterocycles. The van der Waals surface area contributed by atoms with E-state index in [0.29, 0.717) is 13.2 Å². The fraction of sp³-hybridized carbons (Fsp3) is 0.435. The molecule has 3 rings (SSSR count). The van der Waals surface area contributed by atoms with Gasteiger partial charge in [0, 0.05) is 12.5 Å². The van der Waals surface area contributed by atoms with Crippen molar-refractivity contribution in [1.82, 2.24) is 10.2 Å². The third-order valence-corrected chi connectivity index (χ3v) is 5.37. The molecule has 1 fully saturated rings. The van der Waals surface area contributed by atoms with Gasteiger partial charge in [-0.3, -0.25) is 9.69 Å². The first-order valence-electron chi connectivity index (χ1n) is 9.86. The molecule has 0 saturated carbocycles. The van der Waals surface area contributed by atoms with Crippen molar-refractivity contribution in [3.8, 4) is 5.75 Å². The normalized spacial score (nSPS) is 15.5. The van der Waals surface area contributed by atoms with Crippen molar-refractivity contribution in [2.24, 2.45) is 5.92 Å². The molecular weight excluding hydrogens is 336 g/mol. The maximum absolute atomic E-state index is 12.4. The number of amides is 1.